The van der Waals surface area contributed by atoms with E-state index < -0.39 is 18.3 Å². The highest BCUT2D eigenvalue weighted by atomic mass is 16.5. The SMILES string of the molecule is [2H]C([2H])(C(=O)OCc1ccccc1)[C@H]1C[C@@H]1C(C)=O. The van der Waals surface area contributed by atoms with Gasteiger partial charge in [-0.15, -0.1) is 0 Å². The summed E-state index contributed by atoms with van der Waals surface area (Å²) in [7, 11) is 0. The minimum absolute atomic E-state index is 0.0522. The largest absolute Gasteiger partial charge is 0.461 e. The summed E-state index contributed by atoms with van der Waals surface area (Å²) in [6.07, 6.45) is -1.64. The van der Waals surface area contributed by atoms with Gasteiger partial charge >= 0.3 is 5.97 Å². The van der Waals surface area contributed by atoms with Crippen LogP contribution < -0.4 is 0 Å². The Morgan fingerprint density at radius 3 is 2.71 bits per heavy atom. The zero-order valence-corrected chi connectivity index (χ0v) is 9.68. The topological polar surface area (TPSA) is 43.4 Å². The lowest BCUT2D eigenvalue weighted by atomic mass is 10.2. The molecule has 1 aliphatic carbocycles. The molecule has 2 rings (SSSR count). The summed E-state index contributed by atoms with van der Waals surface area (Å²) in [5.74, 6) is -1.82. The third kappa shape index (κ3) is 3.41. The Balaban J connectivity index is 1.91. The lowest BCUT2D eigenvalue weighted by Gasteiger charge is -2.04. The fourth-order valence-electron chi connectivity index (χ4n) is 1.72. The molecule has 17 heavy (non-hydrogen) atoms. The Hall–Kier alpha value is -1.64. The first kappa shape index (κ1) is 9.40. The number of carbonyl (C=O) groups excluding carboxylic acids is 2. The highest BCUT2D eigenvalue weighted by Crippen LogP contribution is 2.41. The zero-order chi connectivity index (χ0) is 14.0. The molecular formula is C14H16O3. The molecule has 2 atom stereocenters. The second kappa shape index (κ2) is 5.13. The lowest BCUT2D eigenvalue weighted by Crippen LogP contribution is -2.07. The van der Waals surface area contributed by atoms with Crippen LogP contribution in [-0.4, -0.2) is 11.8 Å². The monoisotopic (exact) mass is 234 g/mol. The highest BCUT2D eigenvalue weighted by Gasteiger charge is 2.42. The Bertz CT molecular complexity index is 485. The highest BCUT2D eigenvalue weighted by molar-refractivity contribution is 5.82. The van der Waals surface area contributed by atoms with Crippen molar-refractivity contribution in [3.8, 4) is 0 Å². The van der Waals surface area contributed by atoms with E-state index >= 15 is 0 Å². The van der Waals surface area contributed by atoms with E-state index in [1.54, 1.807) is 12.1 Å². The van der Waals surface area contributed by atoms with Crippen LogP contribution in [0, 0.1) is 11.8 Å². The van der Waals surface area contributed by atoms with Crippen LogP contribution in [-0.2, 0) is 20.9 Å². The molecular weight excluding hydrogens is 216 g/mol. The van der Waals surface area contributed by atoms with Gasteiger partial charge in [-0.25, -0.2) is 0 Å². The number of Topliss-reactive ketones (excluding diaryl/α,β-unsaturated/α-hetero) is 1. The zero-order valence-electron chi connectivity index (χ0n) is 11.7. The Morgan fingerprint density at radius 2 is 2.12 bits per heavy atom. The third-order valence-electron chi connectivity index (χ3n) is 2.83. The summed E-state index contributed by atoms with van der Waals surface area (Å²) in [4.78, 5) is 22.9. The average molecular weight is 234 g/mol. The molecule has 0 radical (unpaired) electrons. The second-order valence-electron chi connectivity index (χ2n) is 4.27. The Morgan fingerprint density at radius 1 is 1.41 bits per heavy atom. The van der Waals surface area contributed by atoms with Crippen LogP contribution >= 0.6 is 0 Å². The number of carbonyl (C=O) groups is 2. The van der Waals surface area contributed by atoms with Gasteiger partial charge in [-0.05, 0) is 24.8 Å². The van der Waals surface area contributed by atoms with Gasteiger partial charge in [-0.2, -0.15) is 0 Å². The first-order chi connectivity index (χ1) is 8.93. The van der Waals surface area contributed by atoms with E-state index in [1.807, 2.05) is 18.2 Å². The molecule has 3 heteroatoms. The van der Waals surface area contributed by atoms with Crippen molar-refractivity contribution in [1.29, 1.82) is 0 Å². The lowest BCUT2D eigenvalue weighted by molar-refractivity contribution is -0.145. The van der Waals surface area contributed by atoms with E-state index in [1.165, 1.54) is 6.92 Å². The molecule has 0 aliphatic heterocycles. The maximum absolute atomic E-state index is 11.8. The van der Waals surface area contributed by atoms with E-state index in [4.69, 9.17) is 7.48 Å². The molecule has 90 valence electrons. The quantitative estimate of drug-likeness (QED) is 0.734. The van der Waals surface area contributed by atoms with Crippen molar-refractivity contribution in [2.24, 2.45) is 11.8 Å². The van der Waals surface area contributed by atoms with Crippen molar-refractivity contribution in [3.05, 3.63) is 35.9 Å². The molecule has 0 heterocycles. The smallest absolute Gasteiger partial charge is 0.306 e. The third-order valence-corrected chi connectivity index (χ3v) is 2.83. The molecule has 3 nitrogen and oxygen atoms in total. The van der Waals surface area contributed by atoms with Crippen LogP contribution in [0.4, 0.5) is 0 Å². The van der Waals surface area contributed by atoms with Gasteiger partial charge in [0, 0.05) is 15.0 Å². The number of esters is 1. The minimum Gasteiger partial charge on any atom is -0.461 e. The Kier molecular flexibility index (Phi) is 2.83. The molecule has 1 aliphatic rings. The van der Waals surface area contributed by atoms with E-state index in [0.29, 0.717) is 6.42 Å². The van der Waals surface area contributed by atoms with Crippen molar-refractivity contribution in [3.63, 3.8) is 0 Å². The van der Waals surface area contributed by atoms with Gasteiger partial charge < -0.3 is 4.74 Å². The van der Waals surface area contributed by atoms with Crippen LogP contribution in [0.15, 0.2) is 30.3 Å². The number of hydrogen-bond donors (Lipinski definition) is 0. The number of hydrogen-bond acceptors (Lipinski definition) is 3. The average Bonchev–Trinajstić information content (AvgIpc) is 3.18. The second-order valence-corrected chi connectivity index (χ2v) is 4.27. The van der Waals surface area contributed by atoms with Crippen LogP contribution in [0.25, 0.3) is 0 Å². The van der Waals surface area contributed by atoms with Gasteiger partial charge in [-0.3, -0.25) is 9.59 Å². The molecule has 0 amide bonds. The summed E-state index contributed by atoms with van der Waals surface area (Å²) >= 11 is 0. The molecule has 1 aromatic rings. The van der Waals surface area contributed by atoms with Crippen molar-refractivity contribution in [2.75, 3.05) is 0 Å². The molecule has 1 aromatic carbocycles. The van der Waals surface area contributed by atoms with Crippen molar-refractivity contribution >= 4 is 11.8 Å². The maximum Gasteiger partial charge on any atom is 0.306 e. The fourth-order valence-corrected chi connectivity index (χ4v) is 1.72. The van der Waals surface area contributed by atoms with Crippen molar-refractivity contribution in [1.82, 2.24) is 0 Å². The van der Waals surface area contributed by atoms with E-state index in [2.05, 4.69) is 0 Å². The van der Waals surface area contributed by atoms with Crippen LogP contribution in [0.1, 0.15) is 28.0 Å². The molecule has 0 N–H and O–H groups in total. The predicted molar refractivity (Wildman–Crippen MR) is 63.1 cm³/mol. The normalized spacial score (nSPS) is 24.5. The van der Waals surface area contributed by atoms with Gasteiger partial charge in [0.15, 0.2) is 0 Å². The summed E-state index contributed by atoms with van der Waals surface area (Å²) in [5.41, 5.74) is 0.811. The summed E-state index contributed by atoms with van der Waals surface area (Å²) < 4.78 is 20.6. The number of rotatable bonds is 5. The van der Waals surface area contributed by atoms with Gasteiger partial charge in [0.25, 0.3) is 0 Å². The van der Waals surface area contributed by atoms with Gasteiger partial charge in [0.05, 0.1) is 0 Å². The van der Waals surface area contributed by atoms with Gasteiger partial charge in [0.1, 0.15) is 12.4 Å². The van der Waals surface area contributed by atoms with Gasteiger partial charge in [0.2, 0.25) is 0 Å². The number of benzene rings is 1. The van der Waals surface area contributed by atoms with Gasteiger partial charge in [-0.1, -0.05) is 30.3 Å². The summed E-state index contributed by atoms with van der Waals surface area (Å²) in [5, 5.41) is 0. The first-order valence-electron chi connectivity index (χ1n) is 6.64. The summed E-state index contributed by atoms with van der Waals surface area (Å²) in [6, 6.07) is 9.11. The summed E-state index contributed by atoms with van der Waals surface area (Å²) in [6.45, 7) is 1.48. The molecule has 0 aromatic heterocycles. The van der Waals surface area contributed by atoms with Crippen LogP contribution in [0.5, 0.6) is 0 Å². The Labute approximate surface area is 104 Å². The van der Waals surface area contributed by atoms with Crippen molar-refractivity contribution < 1.29 is 17.1 Å². The maximum atomic E-state index is 11.8. The molecule has 0 bridgehead atoms. The standard InChI is InChI=1S/C14H16O3/c1-10(15)13-7-12(13)8-14(16)17-9-11-5-3-2-4-6-11/h2-6,12-13H,7-9H2,1H3/t12-,13-/m1/s1/i8D2. The fraction of sp³-hybridized carbons (Fsp3) is 0.429. The van der Waals surface area contributed by atoms with E-state index in [0.717, 1.165) is 5.56 Å². The predicted octanol–water partition coefficient (Wildman–Crippen LogP) is 2.35. The van der Waals surface area contributed by atoms with Crippen LogP contribution in [0.3, 0.4) is 0 Å². The van der Waals surface area contributed by atoms with E-state index in [-0.39, 0.29) is 18.3 Å². The first-order valence-corrected chi connectivity index (χ1v) is 5.64. The molecule has 0 saturated heterocycles. The molecule has 0 unspecified atom stereocenters. The minimum atomic E-state index is -2.08. The molecule has 1 saturated carbocycles. The van der Waals surface area contributed by atoms with E-state index in [9.17, 15) is 9.59 Å². The molecule has 0 spiro atoms. The molecule has 1 fully saturated rings. The number of ketones is 1. The van der Waals surface area contributed by atoms with Crippen molar-refractivity contribution in [2.45, 2.75) is 26.3 Å². The number of ether oxygens (including phenoxy) is 1. The van der Waals surface area contributed by atoms with Crippen LogP contribution in [0.2, 0.25) is 0 Å².